The van der Waals surface area contributed by atoms with Crippen molar-refractivity contribution in [2.24, 2.45) is 0 Å². The third kappa shape index (κ3) is 3.77. The fraction of sp³-hybridized carbons (Fsp3) is 0.381. The molecule has 2 aromatic carbocycles. The standard InChI is InChI=1S/C21H22ClFN4O3/c22-15-7-6-14(8-16(15)23)29-9-17(28)24-20-10-21(11-20,12-20)25-19-27-26-18(30-19)13-4-2-1-3-5-13/h1-8,18-19,25-27H,9-12H2,(H,24,28). The van der Waals surface area contributed by atoms with Crippen molar-refractivity contribution in [1.29, 1.82) is 0 Å². The Morgan fingerprint density at radius 3 is 2.67 bits per heavy atom. The highest BCUT2D eigenvalue weighted by Gasteiger charge is 2.69. The molecule has 6 rings (SSSR count). The van der Waals surface area contributed by atoms with Gasteiger partial charge in [0.2, 0.25) is 0 Å². The second kappa shape index (κ2) is 7.47. The van der Waals surface area contributed by atoms with E-state index < -0.39 is 5.82 Å². The molecule has 1 heterocycles. The molecule has 3 aliphatic carbocycles. The predicted octanol–water partition coefficient (Wildman–Crippen LogP) is 2.35. The summed E-state index contributed by atoms with van der Waals surface area (Å²) >= 11 is 5.64. The van der Waals surface area contributed by atoms with Crippen molar-refractivity contribution in [2.75, 3.05) is 6.61 Å². The molecule has 3 saturated carbocycles. The van der Waals surface area contributed by atoms with Crippen LogP contribution in [0.4, 0.5) is 4.39 Å². The van der Waals surface area contributed by atoms with Gasteiger partial charge in [-0.3, -0.25) is 10.1 Å². The molecule has 158 valence electrons. The largest absolute Gasteiger partial charge is 0.484 e. The van der Waals surface area contributed by atoms with Crippen LogP contribution in [0, 0.1) is 5.82 Å². The van der Waals surface area contributed by atoms with Crippen LogP contribution in [-0.4, -0.2) is 29.9 Å². The maximum atomic E-state index is 13.4. The number of benzene rings is 2. The van der Waals surface area contributed by atoms with Crippen LogP contribution < -0.4 is 26.2 Å². The lowest BCUT2D eigenvalue weighted by Crippen LogP contribution is -2.84. The van der Waals surface area contributed by atoms with E-state index in [0.29, 0.717) is 0 Å². The van der Waals surface area contributed by atoms with Crippen molar-refractivity contribution in [3.8, 4) is 5.75 Å². The number of nitrogens with one attached hydrogen (secondary N) is 4. The first-order chi connectivity index (χ1) is 14.4. The SMILES string of the molecule is O=C(COc1ccc(Cl)c(F)c1)NC12CC(NC3NNC(c4ccccc4)O3)(C1)C2. The smallest absolute Gasteiger partial charge is 0.258 e. The summed E-state index contributed by atoms with van der Waals surface area (Å²) in [6.45, 7) is -0.167. The van der Waals surface area contributed by atoms with Crippen LogP contribution in [0.25, 0.3) is 0 Å². The number of amides is 1. The number of hydrazine groups is 1. The summed E-state index contributed by atoms with van der Waals surface area (Å²) in [5.41, 5.74) is 7.09. The molecular formula is C21H22ClFN4O3. The maximum absolute atomic E-state index is 13.4. The van der Waals surface area contributed by atoms with Gasteiger partial charge in [0.05, 0.1) is 5.02 Å². The van der Waals surface area contributed by atoms with Gasteiger partial charge in [0, 0.05) is 17.1 Å². The van der Waals surface area contributed by atoms with Crippen molar-refractivity contribution in [3.63, 3.8) is 0 Å². The van der Waals surface area contributed by atoms with Crippen molar-refractivity contribution in [2.45, 2.75) is 42.9 Å². The van der Waals surface area contributed by atoms with Crippen LogP contribution in [0.2, 0.25) is 5.02 Å². The molecule has 4 N–H and O–H groups in total. The Morgan fingerprint density at radius 1 is 1.17 bits per heavy atom. The van der Waals surface area contributed by atoms with Crippen molar-refractivity contribution in [1.82, 2.24) is 21.5 Å². The minimum atomic E-state index is -0.575. The Bertz CT molecular complexity index is 941. The molecule has 4 aliphatic rings. The molecule has 1 amide bonds. The number of carbonyl (C=O) groups is 1. The topological polar surface area (TPSA) is 83.7 Å². The second-order valence-electron chi connectivity index (χ2n) is 8.24. The van der Waals surface area contributed by atoms with Crippen LogP contribution in [0.3, 0.4) is 0 Å². The monoisotopic (exact) mass is 432 g/mol. The summed E-state index contributed by atoms with van der Waals surface area (Å²) < 4.78 is 24.8. The first-order valence-corrected chi connectivity index (χ1v) is 10.2. The molecular weight excluding hydrogens is 411 g/mol. The minimum Gasteiger partial charge on any atom is -0.484 e. The van der Waals surface area contributed by atoms with Crippen molar-refractivity contribution >= 4 is 17.5 Å². The zero-order valence-corrected chi connectivity index (χ0v) is 16.8. The van der Waals surface area contributed by atoms with Crippen molar-refractivity contribution in [3.05, 3.63) is 64.9 Å². The van der Waals surface area contributed by atoms with Crippen LogP contribution in [0.1, 0.15) is 31.1 Å². The van der Waals surface area contributed by atoms with Gasteiger partial charge < -0.3 is 14.8 Å². The first kappa shape index (κ1) is 19.7. The zero-order chi connectivity index (χ0) is 20.8. The number of hydrogen-bond donors (Lipinski definition) is 4. The quantitative estimate of drug-likeness (QED) is 0.537. The highest BCUT2D eigenvalue weighted by Crippen LogP contribution is 2.60. The zero-order valence-electron chi connectivity index (χ0n) is 16.1. The average Bonchev–Trinajstić information content (AvgIpc) is 3.15. The van der Waals surface area contributed by atoms with E-state index in [9.17, 15) is 9.18 Å². The molecule has 7 nitrogen and oxygen atoms in total. The fourth-order valence-corrected chi connectivity index (χ4v) is 4.73. The maximum Gasteiger partial charge on any atom is 0.258 e. The van der Waals surface area contributed by atoms with Crippen LogP contribution in [0.5, 0.6) is 5.75 Å². The summed E-state index contributed by atoms with van der Waals surface area (Å²) in [5.74, 6) is -0.527. The summed E-state index contributed by atoms with van der Waals surface area (Å²) in [7, 11) is 0. The summed E-state index contributed by atoms with van der Waals surface area (Å²) in [6.07, 6.45) is 1.99. The second-order valence-corrected chi connectivity index (χ2v) is 8.65. The van der Waals surface area contributed by atoms with E-state index in [2.05, 4.69) is 21.5 Å². The Morgan fingerprint density at radius 2 is 1.93 bits per heavy atom. The summed E-state index contributed by atoms with van der Waals surface area (Å²) in [6, 6.07) is 14.0. The van der Waals surface area contributed by atoms with E-state index in [-0.39, 0.29) is 46.9 Å². The van der Waals surface area contributed by atoms with Gasteiger partial charge in [-0.1, -0.05) is 41.9 Å². The van der Waals surface area contributed by atoms with Gasteiger partial charge in [0.15, 0.2) is 13.0 Å². The molecule has 2 atom stereocenters. The van der Waals surface area contributed by atoms with Gasteiger partial charge in [0.1, 0.15) is 17.8 Å². The normalized spacial score (nSPS) is 31.5. The Kier molecular flexibility index (Phi) is 4.91. The molecule has 1 aliphatic heterocycles. The van der Waals surface area contributed by atoms with E-state index in [1.54, 1.807) is 0 Å². The molecule has 30 heavy (non-hydrogen) atoms. The number of ether oxygens (including phenoxy) is 2. The fourth-order valence-electron chi connectivity index (χ4n) is 4.61. The number of rotatable bonds is 7. The van der Waals surface area contributed by atoms with Gasteiger partial charge in [-0.05, 0) is 37.0 Å². The highest BCUT2D eigenvalue weighted by atomic mass is 35.5. The van der Waals surface area contributed by atoms with Gasteiger partial charge in [-0.15, -0.1) is 0 Å². The predicted molar refractivity (Wildman–Crippen MR) is 108 cm³/mol. The minimum absolute atomic E-state index is 0.0180. The van der Waals surface area contributed by atoms with Gasteiger partial charge in [-0.2, -0.15) is 0 Å². The van der Waals surface area contributed by atoms with Crippen LogP contribution >= 0.6 is 11.6 Å². The Balaban J connectivity index is 1.06. The van der Waals surface area contributed by atoms with E-state index >= 15 is 0 Å². The average molecular weight is 433 g/mol. The third-order valence-corrected chi connectivity index (χ3v) is 6.16. The van der Waals surface area contributed by atoms with Crippen LogP contribution in [-0.2, 0) is 9.53 Å². The lowest BCUT2D eigenvalue weighted by Gasteiger charge is -2.71. The molecule has 2 unspecified atom stereocenters. The lowest BCUT2D eigenvalue weighted by atomic mass is 9.44. The van der Waals surface area contributed by atoms with E-state index in [1.807, 2.05) is 30.3 Å². The number of halogens is 2. The van der Waals surface area contributed by atoms with Crippen LogP contribution in [0.15, 0.2) is 48.5 Å². The van der Waals surface area contributed by atoms with Gasteiger partial charge >= 0.3 is 0 Å². The molecule has 1 saturated heterocycles. The molecule has 9 heteroatoms. The highest BCUT2D eigenvalue weighted by molar-refractivity contribution is 6.30. The Hall–Kier alpha value is -2.23. The van der Waals surface area contributed by atoms with Gasteiger partial charge in [0.25, 0.3) is 5.91 Å². The lowest BCUT2D eigenvalue weighted by molar-refractivity contribution is -0.155. The summed E-state index contributed by atoms with van der Waals surface area (Å²) in [4.78, 5) is 12.2. The molecule has 2 bridgehead atoms. The van der Waals surface area contributed by atoms with Crippen molar-refractivity contribution < 1.29 is 18.7 Å². The molecule has 2 aromatic rings. The first-order valence-electron chi connectivity index (χ1n) is 9.82. The van der Waals surface area contributed by atoms with E-state index in [4.69, 9.17) is 21.1 Å². The number of hydrogen-bond acceptors (Lipinski definition) is 6. The molecule has 0 spiro atoms. The number of carbonyl (C=O) groups excluding carboxylic acids is 1. The molecule has 0 aromatic heterocycles. The Labute approximate surface area is 178 Å². The van der Waals surface area contributed by atoms with E-state index in [1.165, 1.54) is 18.2 Å². The van der Waals surface area contributed by atoms with Gasteiger partial charge in [-0.25, -0.2) is 15.2 Å². The summed E-state index contributed by atoms with van der Waals surface area (Å²) in [5, 5.41) is 6.55. The van der Waals surface area contributed by atoms with E-state index in [0.717, 1.165) is 24.8 Å². The molecule has 4 fully saturated rings. The third-order valence-electron chi connectivity index (χ3n) is 5.85. The molecule has 0 radical (unpaired) electrons.